The summed E-state index contributed by atoms with van der Waals surface area (Å²) in [6, 6.07) is 0. The number of ether oxygens (including phenoxy) is 1. The van der Waals surface area contributed by atoms with Crippen molar-refractivity contribution in [1.29, 1.82) is 0 Å². The van der Waals surface area contributed by atoms with Crippen LogP contribution in [-0.4, -0.2) is 22.8 Å². The van der Waals surface area contributed by atoms with E-state index in [-0.39, 0.29) is 17.5 Å². The lowest BCUT2D eigenvalue weighted by atomic mass is 9.70. The molecular weight excluding hydrogens is 252 g/mol. The lowest BCUT2D eigenvalue weighted by Gasteiger charge is -2.37. The van der Waals surface area contributed by atoms with Gasteiger partial charge in [0.05, 0.1) is 5.60 Å². The lowest BCUT2D eigenvalue weighted by molar-refractivity contribution is -0.152. The zero-order valence-electron chi connectivity index (χ0n) is 13.3. The minimum absolute atomic E-state index is 0.177. The topological polar surface area (TPSA) is 46.5 Å². The van der Waals surface area contributed by atoms with Gasteiger partial charge < -0.3 is 9.84 Å². The van der Waals surface area contributed by atoms with Gasteiger partial charge in [0.15, 0.2) is 0 Å². The quantitative estimate of drug-likeness (QED) is 0.630. The van der Waals surface area contributed by atoms with Crippen LogP contribution in [-0.2, 0) is 9.53 Å². The Morgan fingerprint density at radius 2 is 2.10 bits per heavy atom. The van der Waals surface area contributed by atoms with Crippen molar-refractivity contribution < 1.29 is 14.6 Å². The van der Waals surface area contributed by atoms with Crippen molar-refractivity contribution >= 4 is 5.97 Å². The van der Waals surface area contributed by atoms with E-state index in [0.29, 0.717) is 19.3 Å². The van der Waals surface area contributed by atoms with E-state index in [1.165, 1.54) is 30.4 Å². The van der Waals surface area contributed by atoms with Crippen LogP contribution in [0.5, 0.6) is 0 Å². The first-order valence-corrected chi connectivity index (χ1v) is 7.83. The molecule has 1 N–H and O–H groups in total. The minimum atomic E-state index is -0.910. The van der Waals surface area contributed by atoms with Crippen molar-refractivity contribution in [3.63, 3.8) is 0 Å². The number of rotatable bonds is 4. The van der Waals surface area contributed by atoms with Crippen molar-refractivity contribution in [3.8, 4) is 0 Å². The monoisotopic (exact) mass is 280 g/mol. The van der Waals surface area contributed by atoms with Crippen LogP contribution in [0.4, 0.5) is 0 Å². The Labute approximate surface area is 122 Å². The van der Waals surface area contributed by atoms with E-state index < -0.39 is 5.60 Å². The van der Waals surface area contributed by atoms with Gasteiger partial charge in [-0.15, -0.1) is 0 Å². The summed E-state index contributed by atoms with van der Waals surface area (Å²) in [6.45, 7) is 8.63. The number of allylic oxidation sites excluding steroid dienone is 2. The molecule has 1 fully saturated rings. The molecule has 0 spiro atoms. The summed E-state index contributed by atoms with van der Waals surface area (Å²) in [5.74, 6) is -0.177. The summed E-state index contributed by atoms with van der Waals surface area (Å²) in [5, 5.41) is 10.6. The molecule has 0 aromatic heterocycles. The van der Waals surface area contributed by atoms with Gasteiger partial charge in [-0.1, -0.05) is 25.0 Å². The van der Waals surface area contributed by atoms with Crippen molar-refractivity contribution in [2.24, 2.45) is 5.41 Å². The van der Waals surface area contributed by atoms with Gasteiger partial charge in [-0.2, -0.15) is 0 Å². The third kappa shape index (κ3) is 3.25. The average Bonchev–Trinajstić information content (AvgIpc) is 2.75. The molecule has 0 saturated carbocycles. The number of carbonyl (C=O) groups excluding carboxylic acids is 1. The van der Waals surface area contributed by atoms with E-state index >= 15 is 0 Å². The molecule has 1 aliphatic heterocycles. The summed E-state index contributed by atoms with van der Waals surface area (Å²) in [6.07, 6.45) is 5.99. The van der Waals surface area contributed by atoms with Gasteiger partial charge in [0, 0.05) is 6.42 Å². The predicted octanol–water partition coefficient (Wildman–Crippen LogP) is 3.75. The summed E-state index contributed by atoms with van der Waals surface area (Å²) >= 11 is 0. The number of aliphatic hydroxyl groups is 1. The first-order valence-electron chi connectivity index (χ1n) is 7.83. The highest BCUT2D eigenvalue weighted by Gasteiger charge is 2.40. The van der Waals surface area contributed by atoms with E-state index in [0.717, 1.165) is 6.42 Å². The van der Waals surface area contributed by atoms with Gasteiger partial charge in [0.25, 0.3) is 0 Å². The van der Waals surface area contributed by atoms with E-state index in [2.05, 4.69) is 20.8 Å². The molecule has 0 unspecified atom stereocenters. The molecule has 2 rings (SSSR count). The summed E-state index contributed by atoms with van der Waals surface area (Å²) in [4.78, 5) is 11.2. The maximum absolute atomic E-state index is 11.2. The first kappa shape index (κ1) is 15.6. The minimum Gasteiger partial charge on any atom is -0.459 e. The molecule has 114 valence electrons. The Kier molecular flexibility index (Phi) is 4.29. The van der Waals surface area contributed by atoms with Gasteiger partial charge in [-0.3, -0.25) is 4.79 Å². The number of hydrogen-bond donors (Lipinski definition) is 1. The number of carbonyl (C=O) groups is 1. The molecule has 1 aliphatic carbocycles. The van der Waals surface area contributed by atoms with Crippen molar-refractivity contribution in [3.05, 3.63) is 11.1 Å². The Balaban J connectivity index is 2.02. The highest BCUT2D eigenvalue weighted by molar-refractivity contribution is 5.71. The maximum Gasteiger partial charge on any atom is 0.306 e. The Bertz CT molecular complexity index is 418. The largest absolute Gasteiger partial charge is 0.459 e. The highest BCUT2D eigenvalue weighted by Crippen LogP contribution is 2.43. The van der Waals surface area contributed by atoms with Crippen LogP contribution in [0.15, 0.2) is 11.1 Å². The molecule has 2 atom stereocenters. The summed E-state index contributed by atoms with van der Waals surface area (Å²) in [5.41, 5.74) is 2.31. The van der Waals surface area contributed by atoms with Crippen LogP contribution in [0.25, 0.3) is 0 Å². The molecule has 2 aliphatic rings. The normalized spacial score (nSPS) is 29.2. The molecule has 0 aromatic carbocycles. The van der Waals surface area contributed by atoms with Crippen molar-refractivity contribution in [2.45, 2.75) is 84.3 Å². The fraction of sp³-hybridized carbons (Fsp3) is 0.824. The van der Waals surface area contributed by atoms with Crippen LogP contribution >= 0.6 is 0 Å². The Morgan fingerprint density at radius 3 is 2.65 bits per heavy atom. The molecule has 0 amide bonds. The maximum atomic E-state index is 11.2. The second-order valence-corrected chi connectivity index (χ2v) is 7.37. The number of cyclic esters (lactones) is 1. The smallest absolute Gasteiger partial charge is 0.306 e. The molecule has 3 heteroatoms. The third-order valence-electron chi connectivity index (χ3n) is 5.14. The molecule has 1 heterocycles. The van der Waals surface area contributed by atoms with Crippen LogP contribution in [0, 0.1) is 5.41 Å². The zero-order chi connectivity index (χ0) is 15.0. The van der Waals surface area contributed by atoms with Crippen LogP contribution in [0.2, 0.25) is 0 Å². The third-order valence-corrected chi connectivity index (χ3v) is 5.14. The molecule has 20 heavy (non-hydrogen) atoms. The SMILES string of the molecule is CC1=C(CC[C@](C)(O)[C@H]2CCC(=O)O2)C(C)(C)CCC1. The molecule has 0 radical (unpaired) electrons. The summed E-state index contributed by atoms with van der Waals surface area (Å²) in [7, 11) is 0. The first-order chi connectivity index (χ1) is 9.22. The second-order valence-electron chi connectivity index (χ2n) is 7.37. The van der Waals surface area contributed by atoms with Crippen molar-refractivity contribution in [1.82, 2.24) is 0 Å². The van der Waals surface area contributed by atoms with Crippen LogP contribution < -0.4 is 0 Å². The molecule has 1 saturated heterocycles. The fourth-order valence-electron chi connectivity index (χ4n) is 3.73. The van der Waals surface area contributed by atoms with E-state index in [1.807, 2.05) is 6.92 Å². The standard InChI is InChI=1S/C17H28O3/c1-12-6-5-10-16(2,3)13(12)9-11-17(4,19)14-7-8-15(18)20-14/h14,19H,5-11H2,1-4H3/t14-,17+/m1/s1. The number of esters is 1. The molecule has 3 nitrogen and oxygen atoms in total. The van der Waals surface area contributed by atoms with Gasteiger partial charge in [0.1, 0.15) is 6.10 Å². The second kappa shape index (κ2) is 5.51. The van der Waals surface area contributed by atoms with E-state index in [1.54, 1.807) is 0 Å². The van der Waals surface area contributed by atoms with Crippen LogP contribution in [0.3, 0.4) is 0 Å². The Hall–Kier alpha value is -0.830. The van der Waals surface area contributed by atoms with Gasteiger partial charge in [-0.05, 0) is 57.8 Å². The predicted molar refractivity (Wildman–Crippen MR) is 79.3 cm³/mol. The molecule has 0 bridgehead atoms. The summed E-state index contributed by atoms with van der Waals surface area (Å²) < 4.78 is 5.24. The van der Waals surface area contributed by atoms with E-state index in [4.69, 9.17) is 4.74 Å². The molecular formula is C17H28O3. The number of hydrogen-bond acceptors (Lipinski definition) is 3. The van der Waals surface area contributed by atoms with Crippen LogP contribution in [0.1, 0.15) is 72.6 Å². The molecule has 0 aromatic rings. The average molecular weight is 280 g/mol. The highest BCUT2D eigenvalue weighted by atomic mass is 16.6. The van der Waals surface area contributed by atoms with Crippen molar-refractivity contribution in [2.75, 3.05) is 0 Å². The van der Waals surface area contributed by atoms with Gasteiger partial charge in [0.2, 0.25) is 0 Å². The van der Waals surface area contributed by atoms with Gasteiger partial charge >= 0.3 is 5.97 Å². The fourth-order valence-corrected chi connectivity index (χ4v) is 3.73. The van der Waals surface area contributed by atoms with E-state index in [9.17, 15) is 9.90 Å². The lowest BCUT2D eigenvalue weighted by Crippen LogP contribution is -2.39. The Morgan fingerprint density at radius 1 is 1.40 bits per heavy atom. The zero-order valence-corrected chi connectivity index (χ0v) is 13.3. The van der Waals surface area contributed by atoms with Gasteiger partial charge in [-0.25, -0.2) is 0 Å².